The highest BCUT2D eigenvalue weighted by molar-refractivity contribution is 7.86. The maximum absolute atomic E-state index is 12.8. The van der Waals surface area contributed by atoms with Crippen LogP contribution in [-0.4, -0.2) is 57.2 Å². The van der Waals surface area contributed by atoms with Gasteiger partial charge in [-0.15, -0.1) is 0 Å². The molecule has 0 spiro atoms. The molecule has 1 aromatic rings. The standard InChI is InChI=1S/C19H31N3O4S/c1-6-17(15-9-10-18(26-5)14(2)12-15)20-19(23)16-8-7-11-22(13-16)27(24,25)21(3)4/h9-10,12,16-17H,6-8,11,13H2,1-5H3,(H,20,23). The van der Waals surface area contributed by atoms with E-state index in [1.807, 2.05) is 32.0 Å². The summed E-state index contributed by atoms with van der Waals surface area (Å²) in [5.41, 5.74) is 2.04. The third-order valence-electron chi connectivity index (χ3n) is 5.09. The lowest BCUT2D eigenvalue weighted by molar-refractivity contribution is -0.126. The van der Waals surface area contributed by atoms with Gasteiger partial charge in [0.1, 0.15) is 5.75 Å². The molecule has 2 rings (SSSR count). The molecule has 1 amide bonds. The van der Waals surface area contributed by atoms with Crippen molar-refractivity contribution in [3.8, 4) is 5.75 Å². The van der Waals surface area contributed by atoms with Crippen molar-refractivity contribution in [2.24, 2.45) is 5.92 Å². The van der Waals surface area contributed by atoms with E-state index in [-0.39, 0.29) is 24.4 Å². The summed E-state index contributed by atoms with van der Waals surface area (Å²) in [6, 6.07) is 5.79. The van der Waals surface area contributed by atoms with Crippen molar-refractivity contribution < 1.29 is 17.9 Å². The van der Waals surface area contributed by atoms with Gasteiger partial charge < -0.3 is 10.1 Å². The van der Waals surface area contributed by atoms with Gasteiger partial charge in [-0.3, -0.25) is 4.79 Å². The highest BCUT2D eigenvalue weighted by Crippen LogP contribution is 2.26. The summed E-state index contributed by atoms with van der Waals surface area (Å²) in [6.45, 7) is 4.68. The minimum atomic E-state index is -3.49. The first-order chi connectivity index (χ1) is 12.7. The van der Waals surface area contributed by atoms with E-state index in [1.165, 1.54) is 22.7 Å². The van der Waals surface area contributed by atoms with Crippen molar-refractivity contribution in [2.75, 3.05) is 34.3 Å². The van der Waals surface area contributed by atoms with Gasteiger partial charge in [0.15, 0.2) is 0 Å². The zero-order chi connectivity index (χ0) is 20.2. The molecule has 0 saturated carbocycles. The number of nitrogens with one attached hydrogen (secondary N) is 1. The van der Waals surface area contributed by atoms with E-state index in [0.29, 0.717) is 19.4 Å². The van der Waals surface area contributed by atoms with Crippen molar-refractivity contribution in [3.05, 3.63) is 29.3 Å². The Bertz CT molecular complexity index is 764. The Labute approximate surface area is 162 Å². The topological polar surface area (TPSA) is 79.0 Å². The van der Waals surface area contributed by atoms with E-state index < -0.39 is 10.2 Å². The number of carbonyl (C=O) groups excluding carboxylic acids is 1. The van der Waals surface area contributed by atoms with Crippen molar-refractivity contribution in [2.45, 2.75) is 39.2 Å². The van der Waals surface area contributed by atoms with Crippen LogP contribution in [0, 0.1) is 12.8 Å². The number of aryl methyl sites for hydroxylation is 1. The Hall–Kier alpha value is -1.64. The minimum absolute atomic E-state index is 0.0889. The number of hydrogen-bond acceptors (Lipinski definition) is 4. The lowest BCUT2D eigenvalue weighted by atomic mass is 9.96. The third kappa shape index (κ3) is 5.00. The number of methoxy groups -OCH3 is 1. The van der Waals surface area contributed by atoms with Crippen LogP contribution in [0.25, 0.3) is 0 Å². The number of piperidine rings is 1. The minimum Gasteiger partial charge on any atom is -0.496 e. The summed E-state index contributed by atoms with van der Waals surface area (Å²) in [6.07, 6.45) is 2.14. The fraction of sp³-hybridized carbons (Fsp3) is 0.632. The predicted molar refractivity (Wildman–Crippen MR) is 106 cm³/mol. The number of ether oxygens (including phenoxy) is 1. The Morgan fingerprint density at radius 3 is 2.67 bits per heavy atom. The molecule has 2 atom stereocenters. The van der Waals surface area contributed by atoms with E-state index in [2.05, 4.69) is 5.32 Å². The molecule has 1 aliphatic rings. The Kier molecular flexibility index (Phi) is 7.25. The monoisotopic (exact) mass is 397 g/mol. The Balaban J connectivity index is 2.09. The van der Waals surface area contributed by atoms with Gasteiger partial charge in [0.25, 0.3) is 10.2 Å². The number of hydrogen-bond donors (Lipinski definition) is 1. The molecule has 0 aromatic heterocycles. The molecular formula is C19H31N3O4S. The molecule has 8 heteroatoms. The normalized spacial score (nSPS) is 19.7. The summed E-state index contributed by atoms with van der Waals surface area (Å²) in [5.74, 6) is 0.396. The molecule has 0 radical (unpaired) electrons. The van der Waals surface area contributed by atoms with E-state index in [0.717, 1.165) is 23.3 Å². The molecule has 1 fully saturated rings. The van der Waals surface area contributed by atoms with Crippen LogP contribution in [0.15, 0.2) is 18.2 Å². The summed E-state index contributed by atoms with van der Waals surface area (Å²) < 4.78 is 32.6. The number of rotatable bonds is 7. The molecule has 2 unspecified atom stereocenters. The number of benzene rings is 1. The maximum atomic E-state index is 12.8. The second kappa shape index (κ2) is 9.03. The van der Waals surface area contributed by atoms with Gasteiger partial charge in [0, 0.05) is 27.2 Å². The zero-order valence-corrected chi connectivity index (χ0v) is 17.7. The van der Waals surface area contributed by atoms with Crippen molar-refractivity contribution >= 4 is 16.1 Å². The van der Waals surface area contributed by atoms with Gasteiger partial charge >= 0.3 is 0 Å². The van der Waals surface area contributed by atoms with Gasteiger partial charge in [0.2, 0.25) is 5.91 Å². The quantitative estimate of drug-likeness (QED) is 0.764. The van der Waals surface area contributed by atoms with Crippen LogP contribution in [0.3, 0.4) is 0 Å². The molecule has 0 bridgehead atoms. The SMILES string of the molecule is CCC(NC(=O)C1CCCN(S(=O)(=O)N(C)C)C1)c1ccc(OC)c(C)c1. The number of carbonyl (C=O) groups is 1. The lowest BCUT2D eigenvalue weighted by Gasteiger charge is -2.33. The average Bonchev–Trinajstić information content (AvgIpc) is 2.65. The van der Waals surface area contributed by atoms with Gasteiger partial charge in [-0.1, -0.05) is 19.1 Å². The zero-order valence-electron chi connectivity index (χ0n) is 16.9. The third-order valence-corrected chi connectivity index (χ3v) is 7.00. The summed E-state index contributed by atoms with van der Waals surface area (Å²) in [7, 11) is 1.17. The molecule has 1 saturated heterocycles. The highest BCUT2D eigenvalue weighted by Gasteiger charge is 2.34. The van der Waals surface area contributed by atoms with Crippen LogP contribution < -0.4 is 10.1 Å². The first-order valence-corrected chi connectivity index (χ1v) is 10.7. The molecule has 7 nitrogen and oxygen atoms in total. The van der Waals surface area contributed by atoms with E-state index >= 15 is 0 Å². The lowest BCUT2D eigenvalue weighted by Crippen LogP contribution is -2.49. The maximum Gasteiger partial charge on any atom is 0.281 e. The van der Waals surface area contributed by atoms with Crippen molar-refractivity contribution in [1.29, 1.82) is 0 Å². The highest BCUT2D eigenvalue weighted by atomic mass is 32.2. The molecule has 0 aliphatic carbocycles. The Morgan fingerprint density at radius 2 is 2.11 bits per heavy atom. The van der Waals surface area contributed by atoms with Gasteiger partial charge in [-0.2, -0.15) is 17.0 Å². The van der Waals surface area contributed by atoms with Gasteiger partial charge in [-0.05, 0) is 43.4 Å². The van der Waals surface area contributed by atoms with Crippen LogP contribution in [0.2, 0.25) is 0 Å². The molecule has 27 heavy (non-hydrogen) atoms. The number of amides is 1. The summed E-state index contributed by atoms with van der Waals surface area (Å²) >= 11 is 0. The summed E-state index contributed by atoms with van der Waals surface area (Å²) in [4.78, 5) is 12.8. The fourth-order valence-electron chi connectivity index (χ4n) is 3.43. The average molecular weight is 398 g/mol. The molecule has 1 N–H and O–H groups in total. The van der Waals surface area contributed by atoms with Crippen LogP contribution >= 0.6 is 0 Å². The largest absolute Gasteiger partial charge is 0.496 e. The fourth-order valence-corrected chi connectivity index (χ4v) is 4.62. The molecule has 1 heterocycles. The molecule has 1 aliphatic heterocycles. The predicted octanol–water partition coefficient (Wildman–Crippen LogP) is 2.09. The molecular weight excluding hydrogens is 366 g/mol. The van der Waals surface area contributed by atoms with Crippen molar-refractivity contribution in [3.63, 3.8) is 0 Å². The van der Waals surface area contributed by atoms with E-state index in [9.17, 15) is 13.2 Å². The van der Waals surface area contributed by atoms with Crippen LogP contribution in [-0.2, 0) is 15.0 Å². The first-order valence-electron chi connectivity index (χ1n) is 9.33. The van der Waals surface area contributed by atoms with E-state index in [1.54, 1.807) is 7.11 Å². The second-order valence-electron chi connectivity index (χ2n) is 7.19. The van der Waals surface area contributed by atoms with Crippen molar-refractivity contribution in [1.82, 2.24) is 13.9 Å². The summed E-state index contributed by atoms with van der Waals surface area (Å²) in [5, 5.41) is 3.10. The van der Waals surface area contributed by atoms with Crippen LogP contribution in [0.5, 0.6) is 5.75 Å². The van der Waals surface area contributed by atoms with Gasteiger partial charge in [-0.25, -0.2) is 0 Å². The Morgan fingerprint density at radius 1 is 1.41 bits per heavy atom. The smallest absolute Gasteiger partial charge is 0.281 e. The molecule has 152 valence electrons. The van der Waals surface area contributed by atoms with Crippen LogP contribution in [0.1, 0.15) is 43.4 Å². The van der Waals surface area contributed by atoms with Gasteiger partial charge in [0.05, 0.1) is 19.1 Å². The molecule has 1 aromatic carbocycles. The van der Waals surface area contributed by atoms with E-state index in [4.69, 9.17) is 4.74 Å². The number of nitrogens with zero attached hydrogens (tertiary/aromatic N) is 2. The second-order valence-corrected chi connectivity index (χ2v) is 9.33. The van der Waals surface area contributed by atoms with Crippen LogP contribution in [0.4, 0.5) is 0 Å². The first kappa shape index (κ1) is 21.7.